The molecule has 1 atom stereocenters. The highest BCUT2D eigenvalue weighted by Crippen LogP contribution is 2.06. The summed E-state index contributed by atoms with van der Waals surface area (Å²) in [4.78, 5) is 26.4. The number of amides is 2. The monoisotopic (exact) mass is 323 g/mol. The van der Waals surface area contributed by atoms with Gasteiger partial charge in [-0.25, -0.2) is 0 Å². The molecule has 1 aromatic carbocycles. The van der Waals surface area contributed by atoms with Gasteiger partial charge in [-0.3, -0.25) is 9.59 Å². The van der Waals surface area contributed by atoms with Crippen LogP contribution in [0.2, 0.25) is 0 Å². The number of nitrogens with zero attached hydrogens (tertiary/aromatic N) is 1. The molecule has 0 heterocycles. The number of nitrogens with one attached hydrogen (secondary N) is 2. The van der Waals surface area contributed by atoms with Crippen LogP contribution in [0.3, 0.4) is 0 Å². The van der Waals surface area contributed by atoms with E-state index in [0.717, 1.165) is 12.3 Å². The second-order valence-corrected chi connectivity index (χ2v) is 6.02. The van der Waals surface area contributed by atoms with Gasteiger partial charge in [0.05, 0.1) is 0 Å². The second-order valence-electron chi connectivity index (χ2n) is 5.04. The molecule has 0 saturated carbocycles. The van der Waals surface area contributed by atoms with Crippen molar-refractivity contribution in [2.24, 2.45) is 0 Å². The summed E-state index contributed by atoms with van der Waals surface area (Å²) in [5, 5.41) is 5.88. The first-order valence-electron chi connectivity index (χ1n) is 7.34. The van der Waals surface area contributed by atoms with Gasteiger partial charge in [-0.1, -0.05) is 18.2 Å². The minimum Gasteiger partial charge on any atom is -0.343 e. The largest absolute Gasteiger partial charge is 0.343 e. The highest BCUT2D eigenvalue weighted by Gasteiger charge is 2.23. The summed E-state index contributed by atoms with van der Waals surface area (Å²) >= 11 is 1.67. The molecule has 0 saturated heterocycles. The van der Waals surface area contributed by atoms with Crippen molar-refractivity contribution >= 4 is 23.6 Å². The Hall–Kier alpha value is -1.53. The summed E-state index contributed by atoms with van der Waals surface area (Å²) in [6, 6.07) is 8.49. The number of rotatable bonds is 9. The average Bonchev–Trinajstić information content (AvgIpc) is 2.56. The Morgan fingerprint density at radius 3 is 2.55 bits per heavy atom. The molecule has 1 rings (SSSR count). The van der Waals surface area contributed by atoms with Crippen LogP contribution in [0.4, 0.5) is 0 Å². The Bertz CT molecular complexity index is 468. The van der Waals surface area contributed by atoms with Crippen molar-refractivity contribution in [1.29, 1.82) is 0 Å². The molecule has 122 valence electrons. The SMILES string of the molecule is CNCCN(C)C(=O)C(CCSC)NC(=O)c1ccccc1. The molecule has 0 aliphatic rings. The van der Waals surface area contributed by atoms with Crippen LogP contribution in [0, 0.1) is 0 Å². The second kappa shape index (κ2) is 10.2. The Labute approximate surface area is 136 Å². The normalized spacial score (nSPS) is 11.8. The van der Waals surface area contributed by atoms with Crippen LogP contribution in [0.1, 0.15) is 16.8 Å². The molecule has 0 fully saturated rings. The molecule has 0 spiro atoms. The van der Waals surface area contributed by atoms with Crippen molar-refractivity contribution in [3.8, 4) is 0 Å². The quantitative estimate of drug-likeness (QED) is 0.717. The third kappa shape index (κ3) is 6.07. The summed E-state index contributed by atoms with van der Waals surface area (Å²) in [7, 11) is 3.61. The number of likely N-dealkylation sites (N-methyl/N-ethyl adjacent to an activating group) is 2. The highest BCUT2D eigenvalue weighted by molar-refractivity contribution is 7.98. The number of thioether (sulfide) groups is 1. The lowest BCUT2D eigenvalue weighted by atomic mass is 10.1. The van der Waals surface area contributed by atoms with Crippen molar-refractivity contribution in [1.82, 2.24) is 15.5 Å². The van der Waals surface area contributed by atoms with Crippen LogP contribution >= 0.6 is 11.8 Å². The summed E-state index contributed by atoms with van der Waals surface area (Å²) in [6.45, 7) is 1.34. The fourth-order valence-electron chi connectivity index (χ4n) is 1.98. The number of carbonyl (C=O) groups excluding carboxylic acids is 2. The van der Waals surface area contributed by atoms with Gasteiger partial charge in [0.25, 0.3) is 5.91 Å². The Kier molecular flexibility index (Phi) is 8.62. The third-order valence-corrected chi connectivity index (χ3v) is 3.97. The molecule has 0 bridgehead atoms. The van der Waals surface area contributed by atoms with E-state index < -0.39 is 6.04 Å². The Morgan fingerprint density at radius 1 is 1.27 bits per heavy atom. The van der Waals surface area contributed by atoms with E-state index in [1.54, 1.807) is 35.8 Å². The van der Waals surface area contributed by atoms with E-state index in [-0.39, 0.29) is 11.8 Å². The van der Waals surface area contributed by atoms with Gasteiger partial charge in [-0.2, -0.15) is 11.8 Å². The molecular formula is C16H25N3O2S. The van der Waals surface area contributed by atoms with Crippen molar-refractivity contribution in [3.63, 3.8) is 0 Å². The first-order chi connectivity index (χ1) is 10.6. The van der Waals surface area contributed by atoms with E-state index in [0.29, 0.717) is 18.5 Å². The smallest absolute Gasteiger partial charge is 0.251 e. The minimum absolute atomic E-state index is 0.0476. The van der Waals surface area contributed by atoms with E-state index in [9.17, 15) is 9.59 Å². The predicted octanol–water partition coefficient (Wildman–Crippen LogP) is 1.22. The molecule has 2 amide bonds. The summed E-state index contributed by atoms with van der Waals surface area (Å²) in [6.07, 6.45) is 2.62. The van der Waals surface area contributed by atoms with E-state index in [1.165, 1.54) is 0 Å². The Morgan fingerprint density at radius 2 is 1.95 bits per heavy atom. The molecule has 0 radical (unpaired) electrons. The maximum atomic E-state index is 12.5. The fourth-order valence-corrected chi connectivity index (χ4v) is 2.45. The number of hydrogen-bond donors (Lipinski definition) is 2. The van der Waals surface area contributed by atoms with Gasteiger partial charge < -0.3 is 15.5 Å². The number of benzene rings is 1. The van der Waals surface area contributed by atoms with Gasteiger partial charge in [0, 0.05) is 25.7 Å². The third-order valence-electron chi connectivity index (χ3n) is 3.32. The van der Waals surface area contributed by atoms with Crippen molar-refractivity contribution in [3.05, 3.63) is 35.9 Å². The highest BCUT2D eigenvalue weighted by atomic mass is 32.2. The van der Waals surface area contributed by atoms with Crippen molar-refractivity contribution < 1.29 is 9.59 Å². The maximum absolute atomic E-state index is 12.5. The molecule has 1 aromatic rings. The summed E-state index contributed by atoms with van der Waals surface area (Å²) < 4.78 is 0. The van der Waals surface area contributed by atoms with E-state index >= 15 is 0 Å². The summed E-state index contributed by atoms with van der Waals surface area (Å²) in [5.41, 5.74) is 0.572. The molecule has 0 aliphatic carbocycles. The van der Waals surface area contributed by atoms with Gasteiger partial charge in [-0.15, -0.1) is 0 Å². The van der Waals surface area contributed by atoms with Crippen LogP contribution in [0.5, 0.6) is 0 Å². The first-order valence-corrected chi connectivity index (χ1v) is 8.74. The van der Waals surface area contributed by atoms with Gasteiger partial charge in [0.1, 0.15) is 6.04 Å². The van der Waals surface area contributed by atoms with Crippen LogP contribution in [0.15, 0.2) is 30.3 Å². The molecule has 5 nitrogen and oxygen atoms in total. The average molecular weight is 323 g/mol. The molecule has 0 aliphatic heterocycles. The predicted molar refractivity (Wildman–Crippen MR) is 92.3 cm³/mol. The molecule has 22 heavy (non-hydrogen) atoms. The minimum atomic E-state index is -0.484. The zero-order valence-electron chi connectivity index (χ0n) is 13.5. The van der Waals surface area contributed by atoms with Gasteiger partial charge in [-0.05, 0) is 37.6 Å². The molecule has 0 aromatic heterocycles. The first kappa shape index (κ1) is 18.5. The maximum Gasteiger partial charge on any atom is 0.251 e. The molecule has 6 heteroatoms. The van der Waals surface area contributed by atoms with Crippen LogP contribution in [0.25, 0.3) is 0 Å². The number of hydrogen-bond acceptors (Lipinski definition) is 4. The Balaban J connectivity index is 2.71. The van der Waals surface area contributed by atoms with Crippen LogP contribution in [-0.2, 0) is 4.79 Å². The van der Waals surface area contributed by atoms with Crippen molar-refractivity contribution in [2.75, 3.05) is 39.2 Å². The van der Waals surface area contributed by atoms with Gasteiger partial charge in [0.15, 0.2) is 0 Å². The fraction of sp³-hybridized carbons (Fsp3) is 0.500. The molecule has 2 N–H and O–H groups in total. The summed E-state index contributed by atoms with van der Waals surface area (Å²) in [5.74, 6) is 0.571. The van der Waals surface area contributed by atoms with Crippen LogP contribution in [-0.4, -0.2) is 61.9 Å². The topological polar surface area (TPSA) is 61.4 Å². The van der Waals surface area contributed by atoms with E-state index in [4.69, 9.17) is 0 Å². The molecule has 1 unspecified atom stereocenters. The van der Waals surface area contributed by atoms with Gasteiger partial charge in [0.2, 0.25) is 5.91 Å². The van der Waals surface area contributed by atoms with Crippen LogP contribution < -0.4 is 10.6 Å². The zero-order valence-corrected chi connectivity index (χ0v) is 14.3. The standard InChI is InChI=1S/C16H25N3O2S/c1-17-10-11-19(2)16(21)14(9-12-22-3)18-15(20)13-7-5-4-6-8-13/h4-8,14,17H,9-12H2,1-3H3,(H,18,20). The van der Waals surface area contributed by atoms with E-state index in [1.807, 2.05) is 31.5 Å². The van der Waals surface area contributed by atoms with Gasteiger partial charge >= 0.3 is 0 Å². The number of carbonyl (C=O) groups is 2. The molecular weight excluding hydrogens is 298 g/mol. The van der Waals surface area contributed by atoms with Crippen molar-refractivity contribution in [2.45, 2.75) is 12.5 Å². The lowest BCUT2D eigenvalue weighted by Crippen LogP contribution is -2.48. The lowest BCUT2D eigenvalue weighted by Gasteiger charge is -2.24. The zero-order chi connectivity index (χ0) is 16.4. The van der Waals surface area contributed by atoms with E-state index in [2.05, 4.69) is 10.6 Å². The lowest BCUT2D eigenvalue weighted by molar-refractivity contribution is -0.131.